The maximum absolute atomic E-state index is 12.5. The highest BCUT2D eigenvalue weighted by molar-refractivity contribution is 5.84. The molecule has 1 amide bonds. The number of hydrogen-bond acceptors (Lipinski definition) is 5. The van der Waals surface area contributed by atoms with Crippen molar-refractivity contribution in [1.29, 1.82) is 0 Å². The summed E-state index contributed by atoms with van der Waals surface area (Å²) in [5, 5.41) is 23.8. The van der Waals surface area contributed by atoms with Crippen LogP contribution in [0.2, 0.25) is 0 Å². The predicted octanol–water partition coefficient (Wildman–Crippen LogP) is 0.829. The number of carboxylic acids is 1. The third-order valence-corrected chi connectivity index (χ3v) is 3.98. The lowest BCUT2D eigenvalue weighted by atomic mass is 9.94. The lowest BCUT2D eigenvalue weighted by Gasteiger charge is -2.34. The van der Waals surface area contributed by atoms with Gasteiger partial charge in [0.1, 0.15) is 25.0 Å². The zero-order valence-corrected chi connectivity index (χ0v) is 12.5. The number of hydrogen-bond donors (Lipinski definition) is 1. The van der Waals surface area contributed by atoms with Gasteiger partial charge in [-0.25, -0.2) is 4.79 Å². The molecule has 3 rings (SSSR count). The highest BCUT2D eigenvalue weighted by Crippen LogP contribution is 2.24. The van der Waals surface area contributed by atoms with E-state index >= 15 is 0 Å². The van der Waals surface area contributed by atoms with Gasteiger partial charge >= 0.3 is 11.7 Å². The Morgan fingerprint density at radius 3 is 2.67 bits per heavy atom. The van der Waals surface area contributed by atoms with E-state index in [1.165, 1.54) is 4.90 Å². The van der Waals surface area contributed by atoms with Crippen LogP contribution in [0.15, 0.2) is 36.7 Å². The Kier molecular flexibility index (Phi) is 3.98. The Balaban J connectivity index is 1.81. The van der Waals surface area contributed by atoms with Crippen molar-refractivity contribution in [3.8, 4) is 0 Å². The summed E-state index contributed by atoms with van der Waals surface area (Å²) in [5.74, 6) is -1.53. The molecule has 24 heavy (non-hydrogen) atoms. The zero-order valence-electron chi connectivity index (χ0n) is 12.5. The van der Waals surface area contributed by atoms with Crippen LogP contribution >= 0.6 is 0 Å². The first-order valence-electron chi connectivity index (χ1n) is 7.21. The first-order valence-corrected chi connectivity index (χ1v) is 7.21. The molecule has 9 nitrogen and oxygen atoms in total. The minimum atomic E-state index is -1.08. The van der Waals surface area contributed by atoms with Gasteiger partial charge in [-0.05, 0) is 11.1 Å². The maximum atomic E-state index is 12.5. The molecule has 1 aromatic heterocycles. The number of aromatic nitrogens is 2. The minimum absolute atomic E-state index is 0.190. The van der Waals surface area contributed by atoms with E-state index in [-0.39, 0.29) is 25.2 Å². The summed E-state index contributed by atoms with van der Waals surface area (Å²) >= 11 is 0. The van der Waals surface area contributed by atoms with E-state index in [9.17, 15) is 24.8 Å². The standard InChI is InChI=1S/C15H14N4O5/c20-14(9-17-8-12(6-16-17)19(23)24)18-7-11-4-2-1-3-10(11)5-13(18)15(21)22/h1-4,6,8,13H,5,7,9H2,(H,21,22). The average Bonchev–Trinajstić information content (AvgIpc) is 3.02. The molecule has 1 aliphatic heterocycles. The summed E-state index contributed by atoms with van der Waals surface area (Å²) in [6.45, 7) is -0.0604. The molecule has 0 saturated carbocycles. The van der Waals surface area contributed by atoms with Crippen molar-refractivity contribution >= 4 is 17.6 Å². The number of aliphatic carboxylic acids is 1. The fourth-order valence-corrected chi connectivity index (χ4v) is 2.77. The smallest absolute Gasteiger partial charge is 0.326 e. The monoisotopic (exact) mass is 330 g/mol. The van der Waals surface area contributed by atoms with Crippen molar-refractivity contribution in [2.75, 3.05) is 0 Å². The van der Waals surface area contributed by atoms with Crippen LogP contribution in [0, 0.1) is 10.1 Å². The van der Waals surface area contributed by atoms with Crippen molar-refractivity contribution < 1.29 is 19.6 Å². The molecule has 0 fully saturated rings. The van der Waals surface area contributed by atoms with Crippen LogP contribution in [0.3, 0.4) is 0 Å². The lowest BCUT2D eigenvalue weighted by Crippen LogP contribution is -2.49. The third kappa shape index (κ3) is 2.96. The van der Waals surface area contributed by atoms with Crippen LogP contribution < -0.4 is 0 Å². The van der Waals surface area contributed by atoms with Gasteiger partial charge in [0.05, 0.1) is 4.92 Å². The average molecular weight is 330 g/mol. The van der Waals surface area contributed by atoms with Gasteiger partial charge in [-0.15, -0.1) is 0 Å². The highest BCUT2D eigenvalue weighted by Gasteiger charge is 2.34. The first-order chi connectivity index (χ1) is 11.5. The fourth-order valence-electron chi connectivity index (χ4n) is 2.77. The second kappa shape index (κ2) is 6.11. The molecule has 1 N–H and O–H groups in total. The quantitative estimate of drug-likeness (QED) is 0.655. The number of carboxylic acid groups (broad SMARTS) is 1. The number of rotatable bonds is 4. The molecule has 0 aliphatic carbocycles. The minimum Gasteiger partial charge on any atom is -0.480 e. The molecule has 0 radical (unpaired) electrons. The molecule has 2 heterocycles. The molecular weight excluding hydrogens is 316 g/mol. The Morgan fingerprint density at radius 1 is 1.33 bits per heavy atom. The van der Waals surface area contributed by atoms with Gasteiger partial charge in [-0.3, -0.25) is 19.6 Å². The second-order valence-corrected chi connectivity index (χ2v) is 5.50. The van der Waals surface area contributed by atoms with Crippen LogP contribution in [0.4, 0.5) is 5.69 Å². The Bertz CT molecular complexity index is 816. The fraction of sp³-hybridized carbons (Fsp3) is 0.267. The summed E-state index contributed by atoms with van der Waals surface area (Å²) in [7, 11) is 0. The van der Waals surface area contributed by atoms with Crippen LogP contribution in [0.1, 0.15) is 11.1 Å². The van der Waals surface area contributed by atoms with E-state index in [0.717, 1.165) is 28.2 Å². The number of fused-ring (bicyclic) bond motifs is 1. The Labute approximate surface area is 136 Å². The molecule has 1 unspecified atom stereocenters. The Hall–Kier alpha value is -3.23. The van der Waals surface area contributed by atoms with Gasteiger partial charge < -0.3 is 10.0 Å². The van der Waals surface area contributed by atoms with Crippen LogP contribution in [-0.4, -0.2) is 42.6 Å². The molecule has 1 aromatic carbocycles. The van der Waals surface area contributed by atoms with Crippen molar-refractivity contribution in [2.24, 2.45) is 0 Å². The normalized spacial score (nSPS) is 16.5. The van der Waals surface area contributed by atoms with Crippen molar-refractivity contribution in [3.05, 3.63) is 57.9 Å². The van der Waals surface area contributed by atoms with Crippen LogP contribution in [-0.2, 0) is 29.1 Å². The van der Waals surface area contributed by atoms with E-state index in [1.54, 1.807) is 0 Å². The molecular formula is C15H14N4O5. The summed E-state index contributed by atoms with van der Waals surface area (Å²) in [5.41, 5.74) is 1.58. The summed E-state index contributed by atoms with van der Waals surface area (Å²) in [4.78, 5) is 35.4. The number of carbonyl (C=O) groups is 2. The van der Waals surface area contributed by atoms with Crippen molar-refractivity contribution in [1.82, 2.24) is 14.7 Å². The van der Waals surface area contributed by atoms with Gasteiger partial charge in [0.25, 0.3) is 0 Å². The lowest BCUT2D eigenvalue weighted by molar-refractivity contribution is -0.385. The summed E-state index contributed by atoms with van der Waals surface area (Å²) < 4.78 is 1.14. The van der Waals surface area contributed by atoms with E-state index in [4.69, 9.17) is 0 Å². The van der Waals surface area contributed by atoms with Crippen LogP contribution in [0.5, 0.6) is 0 Å². The van der Waals surface area contributed by atoms with E-state index in [0.29, 0.717) is 0 Å². The molecule has 9 heteroatoms. The van der Waals surface area contributed by atoms with Crippen molar-refractivity contribution in [2.45, 2.75) is 25.6 Å². The topological polar surface area (TPSA) is 119 Å². The predicted molar refractivity (Wildman–Crippen MR) is 81.0 cm³/mol. The van der Waals surface area contributed by atoms with Gasteiger partial charge in [-0.1, -0.05) is 24.3 Å². The van der Waals surface area contributed by atoms with Gasteiger partial charge in [-0.2, -0.15) is 5.10 Å². The number of nitro groups is 1. The SMILES string of the molecule is O=C(O)C1Cc2ccccc2CN1C(=O)Cn1cc([N+](=O)[O-])cn1. The van der Waals surface area contributed by atoms with Gasteiger partial charge in [0.15, 0.2) is 0 Å². The third-order valence-electron chi connectivity index (χ3n) is 3.98. The molecule has 0 bridgehead atoms. The summed E-state index contributed by atoms with van der Waals surface area (Å²) in [6, 6.07) is 6.41. The number of amides is 1. The summed E-state index contributed by atoms with van der Waals surface area (Å²) in [6.07, 6.45) is 2.43. The molecule has 1 aliphatic rings. The highest BCUT2D eigenvalue weighted by atomic mass is 16.6. The molecule has 124 valence electrons. The van der Waals surface area contributed by atoms with Crippen LogP contribution in [0.25, 0.3) is 0 Å². The Morgan fingerprint density at radius 2 is 2.04 bits per heavy atom. The van der Waals surface area contributed by atoms with E-state index in [1.807, 2.05) is 24.3 Å². The second-order valence-electron chi connectivity index (χ2n) is 5.50. The number of nitrogens with zero attached hydrogens (tertiary/aromatic N) is 4. The first kappa shape index (κ1) is 15.7. The molecule has 0 saturated heterocycles. The van der Waals surface area contributed by atoms with Gasteiger partial charge in [0, 0.05) is 13.0 Å². The molecule has 0 spiro atoms. The maximum Gasteiger partial charge on any atom is 0.326 e. The molecule has 1 atom stereocenters. The van der Waals surface area contributed by atoms with E-state index < -0.39 is 22.8 Å². The number of benzene rings is 1. The largest absolute Gasteiger partial charge is 0.480 e. The van der Waals surface area contributed by atoms with E-state index in [2.05, 4.69) is 5.10 Å². The molecule has 2 aromatic rings. The zero-order chi connectivity index (χ0) is 17.3. The number of carbonyl (C=O) groups excluding carboxylic acids is 1. The van der Waals surface area contributed by atoms with Crippen molar-refractivity contribution in [3.63, 3.8) is 0 Å². The van der Waals surface area contributed by atoms with Gasteiger partial charge in [0.2, 0.25) is 5.91 Å².